The van der Waals surface area contributed by atoms with E-state index in [2.05, 4.69) is 22.4 Å². The number of nitrogens with one attached hydrogen (secondary N) is 2. The van der Waals surface area contributed by atoms with Crippen molar-refractivity contribution >= 4 is 23.5 Å². The third kappa shape index (κ3) is 4.38. The average Bonchev–Trinajstić information content (AvgIpc) is 2.59. The van der Waals surface area contributed by atoms with Crippen LogP contribution in [0.3, 0.4) is 0 Å². The minimum absolute atomic E-state index is 0.0310. The molecule has 1 aromatic rings. The number of aromatic amines is 1. The van der Waals surface area contributed by atoms with Gasteiger partial charge in [0.2, 0.25) is 5.91 Å². The van der Waals surface area contributed by atoms with E-state index in [1.807, 2.05) is 6.92 Å². The summed E-state index contributed by atoms with van der Waals surface area (Å²) in [6, 6.07) is 0. The molecule has 0 saturated carbocycles. The Hall–Kier alpha value is -0.970. The zero-order chi connectivity index (χ0) is 11.1. The van der Waals surface area contributed by atoms with Gasteiger partial charge in [0.05, 0.1) is 11.9 Å². The highest BCUT2D eigenvalue weighted by Crippen LogP contribution is 2.10. The molecule has 1 rings (SSSR count). The summed E-state index contributed by atoms with van der Waals surface area (Å²) in [4.78, 5) is 11.4. The summed E-state index contributed by atoms with van der Waals surface area (Å²) >= 11 is 1.67. The van der Waals surface area contributed by atoms with Gasteiger partial charge in [-0.3, -0.25) is 9.89 Å². The van der Waals surface area contributed by atoms with Crippen molar-refractivity contribution in [1.29, 1.82) is 0 Å². The molecule has 0 aliphatic heterocycles. The van der Waals surface area contributed by atoms with Crippen LogP contribution in [0.1, 0.15) is 25.3 Å². The number of aryl methyl sites for hydroxylation is 1. The average molecular weight is 227 g/mol. The van der Waals surface area contributed by atoms with Crippen molar-refractivity contribution in [3.8, 4) is 0 Å². The molecule has 84 valence electrons. The van der Waals surface area contributed by atoms with E-state index in [9.17, 15) is 4.79 Å². The Morgan fingerprint density at radius 3 is 3.07 bits per heavy atom. The Kier molecular flexibility index (Phi) is 5.25. The Labute approximate surface area is 94.2 Å². The fourth-order valence-corrected chi connectivity index (χ4v) is 1.95. The first kappa shape index (κ1) is 12.1. The van der Waals surface area contributed by atoms with Crippen LogP contribution in [-0.4, -0.2) is 27.6 Å². The number of rotatable bonds is 6. The van der Waals surface area contributed by atoms with Crippen LogP contribution in [0.15, 0.2) is 6.20 Å². The smallest absolute Gasteiger partial charge is 0.235 e. The van der Waals surface area contributed by atoms with Crippen molar-refractivity contribution < 1.29 is 4.79 Å². The number of hydrogen-bond donors (Lipinski definition) is 2. The van der Waals surface area contributed by atoms with Gasteiger partial charge >= 0.3 is 0 Å². The highest BCUT2D eigenvalue weighted by molar-refractivity contribution is 7.99. The van der Waals surface area contributed by atoms with Crippen LogP contribution >= 0.6 is 11.8 Å². The zero-order valence-corrected chi connectivity index (χ0v) is 9.99. The lowest BCUT2D eigenvalue weighted by atomic mass is 10.4. The fourth-order valence-electron chi connectivity index (χ4n) is 1.06. The maximum atomic E-state index is 11.4. The Morgan fingerprint density at radius 2 is 2.47 bits per heavy atom. The number of H-pyrrole nitrogens is 1. The number of aromatic nitrogens is 2. The number of nitrogens with zero attached hydrogens (tertiary/aromatic N) is 1. The van der Waals surface area contributed by atoms with E-state index in [0.29, 0.717) is 11.6 Å². The van der Waals surface area contributed by atoms with Crippen LogP contribution in [0.25, 0.3) is 0 Å². The molecule has 0 radical (unpaired) electrons. The molecule has 2 N–H and O–H groups in total. The second kappa shape index (κ2) is 6.50. The predicted octanol–water partition coefficient (Wildman–Crippen LogP) is 2.19. The summed E-state index contributed by atoms with van der Waals surface area (Å²) < 4.78 is 0. The van der Waals surface area contributed by atoms with Crippen LogP contribution in [0.5, 0.6) is 0 Å². The van der Waals surface area contributed by atoms with Crippen molar-refractivity contribution in [2.24, 2.45) is 0 Å². The van der Waals surface area contributed by atoms with E-state index in [1.54, 1.807) is 18.0 Å². The molecule has 15 heavy (non-hydrogen) atoms. The number of amides is 1. The monoisotopic (exact) mass is 227 g/mol. The molecule has 0 aromatic carbocycles. The molecule has 5 heteroatoms. The highest BCUT2D eigenvalue weighted by atomic mass is 32.2. The van der Waals surface area contributed by atoms with Crippen molar-refractivity contribution in [2.45, 2.75) is 26.7 Å². The number of hydrogen-bond acceptors (Lipinski definition) is 3. The molecule has 0 fully saturated rings. The second-order valence-electron chi connectivity index (χ2n) is 3.38. The number of thioether (sulfide) groups is 1. The van der Waals surface area contributed by atoms with Crippen LogP contribution in [0.4, 0.5) is 5.82 Å². The lowest BCUT2D eigenvalue weighted by Crippen LogP contribution is -2.15. The summed E-state index contributed by atoms with van der Waals surface area (Å²) in [5.74, 6) is 2.30. The summed E-state index contributed by atoms with van der Waals surface area (Å²) in [6.45, 7) is 4.05. The van der Waals surface area contributed by atoms with Gasteiger partial charge in [0, 0.05) is 5.56 Å². The van der Waals surface area contributed by atoms with E-state index in [-0.39, 0.29) is 5.91 Å². The third-order valence-electron chi connectivity index (χ3n) is 1.97. The molecule has 0 bridgehead atoms. The molecule has 0 atom stereocenters. The first-order valence-corrected chi connectivity index (χ1v) is 6.27. The molecule has 0 unspecified atom stereocenters. The van der Waals surface area contributed by atoms with Gasteiger partial charge < -0.3 is 5.32 Å². The maximum absolute atomic E-state index is 11.4. The van der Waals surface area contributed by atoms with Crippen molar-refractivity contribution in [3.05, 3.63) is 11.8 Å². The Balaban J connectivity index is 2.22. The van der Waals surface area contributed by atoms with Gasteiger partial charge in [-0.05, 0) is 19.1 Å². The predicted molar refractivity (Wildman–Crippen MR) is 64.2 cm³/mol. The van der Waals surface area contributed by atoms with Crippen LogP contribution in [0, 0.1) is 6.92 Å². The number of anilines is 1. The molecule has 0 aliphatic rings. The maximum Gasteiger partial charge on any atom is 0.235 e. The quantitative estimate of drug-likeness (QED) is 0.732. The van der Waals surface area contributed by atoms with E-state index in [0.717, 1.165) is 11.3 Å². The van der Waals surface area contributed by atoms with Crippen LogP contribution < -0.4 is 5.32 Å². The molecule has 4 nitrogen and oxygen atoms in total. The summed E-state index contributed by atoms with van der Waals surface area (Å²) in [7, 11) is 0. The van der Waals surface area contributed by atoms with Crippen LogP contribution in [0.2, 0.25) is 0 Å². The summed E-state index contributed by atoms with van der Waals surface area (Å²) in [6.07, 6.45) is 4.04. The topological polar surface area (TPSA) is 57.8 Å². The highest BCUT2D eigenvalue weighted by Gasteiger charge is 2.05. The number of unbranched alkanes of at least 4 members (excludes halogenated alkanes) is 1. The molecule has 0 spiro atoms. The lowest BCUT2D eigenvalue weighted by Gasteiger charge is -2.03. The minimum atomic E-state index is 0.0310. The summed E-state index contributed by atoms with van der Waals surface area (Å²) in [5, 5.41) is 9.37. The molecule has 0 aliphatic carbocycles. The first-order valence-electron chi connectivity index (χ1n) is 5.11. The second-order valence-corrected chi connectivity index (χ2v) is 4.49. The SMILES string of the molecule is CCCCSCC(=O)Nc1[nH]ncc1C. The largest absolute Gasteiger partial charge is 0.310 e. The van der Waals surface area contributed by atoms with Crippen molar-refractivity contribution in [1.82, 2.24) is 10.2 Å². The molecule has 1 amide bonds. The molecule has 1 aromatic heterocycles. The Bertz CT molecular complexity index is 311. The summed E-state index contributed by atoms with van der Waals surface area (Å²) in [5.41, 5.74) is 0.960. The lowest BCUT2D eigenvalue weighted by molar-refractivity contribution is -0.113. The van der Waals surface area contributed by atoms with E-state index in [1.165, 1.54) is 12.8 Å². The van der Waals surface area contributed by atoms with Gasteiger partial charge in [-0.2, -0.15) is 16.9 Å². The fraction of sp³-hybridized carbons (Fsp3) is 0.600. The molecular formula is C10H17N3OS. The van der Waals surface area contributed by atoms with Gasteiger partial charge in [0.1, 0.15) is 5.82 Å². The van der Waals surface area contributed by atoms with Gasteiger partial charge in [0.15, 0.2) is 0 Å². The van der Waals surface area contributed by atoms with E-state index in [4.69, 9.17) is 0 Å². The number of carbonyl (C=O) groups excluding carboxylic acids is 1. The van der Waals surface area contributed by atoms with Crippen molar-refractivity contribution in [3.63, 3.8) is 0 Å². The Morgan fingerprint density at radius 1 is 1.67 bits per heavy atom. The molecule has 0 saturated heterocycles. The van der Waals surface area contributed by atoms with Crippen LogP contribution in [-0.2, 0) is 4.79 Å². The molecule has 1 heterocycles. The normalized spacial score (nSPS) is 10.3. The first-order chi connectivity index (χ1) is 7.24. The van der Waals surface area contributed by atoms with Gasteiger partial charge in [0.25, 0.3) is 0 Å². The molecular weight excluding hydrogens is 210 g/mol. The minimum Gasteiger partial charge on any atom is -0.310 e. The van der Waals surface area contributed by atoms with Crippen molar-refractivity contribution in [2.75, 3.05) is 16.8 Å². The van der Waals surface area contributed by atoms with Gasteiger partial charge in [-0.15, -0.1) is 0 Å². The number of carbonyl (C=O) groups is 1. The standard InChI is InChI=1S/C10H17N3OS/c1-3-4-5-15-7-9(14)12-10-8(2)6-11-13-10/h6H,3-5,7H2,1-2H3,(H2,11,12,13,14). The van der Waals surface area contributed by atoms with Gasteiger partial charge in [-0.25, -0.2) is 0 Å². The third-order valence-corrected chi connectivity index (χ3v) is 3.01. The zero-order valence-electron chi connectivity index (χ0n) is 9.17. The van der Waals surface area contributed by atoms with E-state index < -0.39 is 0 Å². The van der Waals surface area contributed by atoms with Gasteiger partial charge in [-0.1, -0.05) is 13.3 Å². The van der Waals surface area contributed by atoms with E-state index >= 15 is 0 Å².